The van der Waals surface area contributed by atoms with Gasteiger partial charge in [-0.2, -0.15) is 0 Å². The van der Waals surface area contributed by atoms with Crippen molar-refractivity contribution in [3.63, 3.8) is 0 Å². The van der Waals surface area contributed by atoms with Gasteiger partial charge in [-0.1, -0.05) is 20.3 Å². The predicted octanol–water partition coefficient (Wildman–Crippen LogP) is 2.72. The molecule has 0 amide bonds. The summed E-state index contributed by atoms with van der Waals surface area (Å²) < 4.78 is 5.35. The van der Waals surface area contributed by atoms with Crippen LogP contribution in [0.3, 0.4) is 0 Å². The molecule has 6 heteroatoms. The van der Waals surface area contributed by atoms with E-state index in [9.17, 15) is 14.9 Å². The molecule has 0 unspecified atom stereocenters. The number of rotatable bonds is 6. The maximum atomic E-state index is 10.8. The van der Waals surface area contributed by atoms with Gasteiger partial charge in [-0.25, -0.2) is 4.79 Å². The van der Waals surface area contributed by atoms with Crippen molar-refractivity contribution in [3.8, 4) is 5.75 Å². The summed E-state index contributed by atoms with van der Waals surface area (Å²) in [5.74, 6) is -0.819. The van der Waals surface area contributed by atoms with Crippen LogP contribution in [-0.2, 0) is 0 Å². The topological polar surface area (TPSA) is 89.7 Å². The summed E-state index contributed by atoms with van der Waals surface area (Å²) in [6.45, 7) is 4.33. The fraction of sp³-hybridized carbons (Fsp3) is 0.417. The predicted molar refractivity (Wildman–Crippen MR) is 65.0 cm³/mol. The van der Waals surface area contributed by atoms with E-state index in [1.807, 2.05) is 13.8 Å². The minimum atomic E-state index is -1.20. The van der Waals surface area contributed by atoms with Crippen molar-refractivity contribution >= 4 is 11.7 Å². The maximum absolute atomic E-state index is 10.8. The zero-order valence-corrected chi connectivity index (χ0v) is 10.3. The number of nitro benzene ring substituents is 1. The van der Waals surface area contributed by atoms with Crippen molar-refractivity contribution in [1.29, 1.82) is 0 Å². The molecule has 18 heavy (non-hydrogen) atoms. The van der Waals surface area contributed by atoms with Crippen LogP contribution in [0.4, 0.5) is 5.69 Å². The minimum absolute atomic E-state index is 0.102. The van der Waals surface area contributed by atoms with E-state index in [2.05, 4.69) is 0 Å². The van der Waals surface area contributed by atoms with Gasteiger partial charge in [-0.3, -0.25) is 10.1 Å². The average Bonchev–Trinajstić information content (AvgIpc) is 2.35. The van der Waals surface area contributed by atoms with Gasteiger partial charge in [0.15, 0.2) is 5.75 Å². The second-order valence-electron chi connectivity index (χ2n) is 4.07. The first kappa shape index (κ1) is 14.0. The van der Waals surface area contributed by atoms with Crippen molar-refractivity contribution in [2.24, 2.45) is 5.92 Å². The third kappa shape index (κ3) is 3.44. The monoisotopic (exact) mass is 253 g/mol. The van der Waals surface area contributed by atoms with E-state index in [1.165, 1.54) is 12.1 Å². The lowest BCUT2D eigenvalue weighted by Gasteiger charge is -2.11. The number of nitro groups is 1. The number of carboxylic acids is 1. The molecule has 0 radical (unpaired) electrons. The highest BCUT2D eigenvalue weighted by Crippen LogP contribution is 2.28. The van der Waals surface area contributed by atoms with Crippen LogP contribution >= 0.6 is 0 Å². The number of carboxylic acid groups (broad SMARTS) is 1. The smallest absolute Gasteiger partial charge is 0.335 e. The first-order valence-corrected chi connectivity index (χ1v) is 5.60. The van der Waals surface area contributed by atoms with Crippen LogP contribution in [0.2, 0.25) is 0 Å². The molecule has 0 heterocycles. The highest BCUT2D eigenvalue weighted by molar-refractivity contribution is 5.88. The van der Waals surface area contributed by atoms with Gasteiger partial charge in [-0.15, -0.1) is 0 Å². The zero-order valence-electron chi connectivity index (χ0n) is 10.3. The van der Waals surface area contributed by atoms with E-state index in [0.29, 0.717) is 6.61 Å². The van der Waals surface area contributed by atoms with Gasteiger partial charge >= 0.3 is 11.7 Å². The maximum Gasteiger partial charge on any atom is 0.335 e. The number of benzene rings is 1. The lowest BCUT2D eigenvalue weighted by molar-refractivity contribution is -0.385. The second-order valence-corrected chi connectivity index (χ2v) is 4.07. The van der Waals surface area contributed by atoms with Crippen molar-refractivity contribution < 1.29 is 19.6 Å². The summed E-state index contributed by atoms with van der Waals surface area (Å²) >= 11 is 0. The van der Waals surface area contributed by atoms with Crippen LogP contribution in [0, 0.1) is 16.0 Å². The number of nitrogens with zero attached hydrogens (tertiary/aromatic N) is 1. The van der Waals surface area contributed by atoms with E-state index in [4.69, 9.17) is 9.84 Å². The number of aromatic carboxylic acids is 1. The molecule has 0 saturated carbocycles. The van der Waals surface area contributed by atoms with Crippen molar-refractivity contribution in [2.75, 3.05) is 6.61 Å². The molecular formula is C12H15NO5. The second kappa shape index (κ2) is 6.00. The van der Waals surface area contributed by atoms with Gasteiger partial charge in [0.1, 0.15) is 0 Å². The molecule has 0 bridgehead atoms. The third-order valence-electron chi connectivity index (χ3n) is 2.62. The Morgan fingerprint density at radius 1 is 1.56 bits per heavy atom. The zero-order chi connectivity index (χ0) is 13.7. The van der Waals surface area contributed by atoms with E-state index in [-0.39, 0.29) is 22.9 Å². The minimum Gasteiger partial charge on any atom is -0.487 e. The normalized spacial score (nSPS) is 11.9. The first-order chi connectivity index (χ1) is 8.45. The number of ether oxygens (including phenoxy) is 1. The molecule has 1 atom stereocenters. The first-order valence-electron chi connectivity index (χ1n) is 5.60. The molecule has 0 aliphatic rings. The SMILES string of the molecule is CC[C@H](C)COc1ccc(C(=O)O)cc1[N+](=O)[O-]. The molecule has 1 rings (SSSR count). The highest BCUT2D eigenvalue weighted by atomic mass is 16.6. The fourth-order valence-electron chi connectivity index (χ4n) is 1.27. The summed E-state index contributed by atoms with van der Waals surface area (Å²) in [7, 11) is 0. The molecule has 6 nitrogen and oxygen atoms in total. The molecule has 0 aliphatic carbocycles. The van der Waals surface area contributed by atoms with Gasteiger partial charge < -0.3 is 9.84 Å². The quantitative estimate of drug-likeness (QED) is 0.621. The number of carbonyl (C=O) groups is 1. The van der Waals surface area contributed by atoms with E-state index < -0.39 is 10.9 Å². The molecule has 0 spiro atoms. The van der Waals surface area contributed by atoms with Gasteiger partial charge in [0.05, 0.1) is 17.1 Å². The average molecular weight is 253 g/mol. The Bertz CT molecular complexity index is 458. The Morgan fingerprint density at radius 3 is 2.72 bits per heavy atom. The molecule has 0 aromatic heterocycles. The third-order valence-corrected chi connectivity index (χ3v) is 2.62. The van der Waals surface area contributed by atoms with E-state index in [0.717, 1.165) is 12.5 Å². The Balaban J connectivity index is 2.97. The summed E-state index contributed by atoms with van der Waals surface area (Å²) in [4.78, 5) is 20.9. The summed E-state index contributed by atoms with van der Waals surface area (Å²) in [6, 6.07) is 3.62. The number of hydrogen-bond acceptors (Lipinski definition) is 4. The summed E-state index contributed by atoms with van der Waals surface area (Å²) in [5.41, 5.74) is -0.448. The molecule has 0 aliphatic heterocycles. The molecule has 98 valence electrons. The largest absolute Gasteiger partial charge is 0.487 e. The molecular weight excluding hydrogens is 238 g/mol. The van der Waals surface area contributed by atoms with Crippen molar-refractivity contribution in [2.45, 2.75) is 20.3 Å². The van der Waals surface area contributed by atoms with Gasteiger partial charge in [0.2, 0.25) is 0 Å². The lowest BCUT2D eigenvalue weighted by Crippen LogP contribution is -2.09. The molecule has 0 saturated heterocycles. The Labute approximate surface area is 104 Å². The van der Waals surface area contributed by atoms with Gasteiger partial charge in [0.25, 0.3) is 0 Å². The van der Waals surface area contributed by atoms with E-state index >= 15 is 0 Å². The van der Waals surface area contributed by atoms with Crippen LogP contribution in [0.25, 0.3) is 0 Å². The highest BCUT2D eigenvalue weighted by Gasteiger charge is 2.18. The van der Waals surface area contributed by atoms with Crippen molar-refractivity contribution in [3.05, 3.63) is 33.9 Å². The van der Waals surface area contributed by atoms with E-state index in [1.54, 1.807) is 0 Å². The van der Waals surface area contributed by atoms with Crippen LogP contribution in [0.15, 0.2) is 18.2 Å². The van der Waals surface area contributed by atoms with Crippen LogP contribution in [0.1, 0.15) is 30.6 Å². The molecule has 1 aromatic rings. The van der Waals surface area contributed by atoms with Gasteiger partial charge in [0, 0.05) is 6.07 Å². The number of hydrogen-bond donors (Lipinski definition) is 1. The van der Waals surface area contributed by atoms with Crippen LogP contribution < -0.4 is 4.74 Å². The Hall–Kier alpha value is -2.11. The summed E-state index contributed by atoms with van der Waals surface area (Å²) in [6.07, 6.45) is 0.904. The fourth-order valence-corrected chi connectivity index (χ4v) is 1.27. The molecule has 0 fully saturated rings. The molecule has 1 aromatic carbocycles. The Kier molecular flexibility index (Phi) is 4.65. The van der Waals surface area contributed by atoms with Gasteiger partial charge in [-0.05, 0) is 18.1 Å². The van der Waals surface area contributed by atoms with Crippen molar-refractivity contribution in [1.82, 2.24) is 0 Å². The van der Waals surface area contributed by atoms with Crippen LogP contribution in [-0.4, -0.2) is 22.6 Å². The summed E-state index contributed by atoms with van der Waals surface area (Å²) in [5, 5.41) is 19.6. The standard InChI is InChI=1S/C12H15NO5/c1-3-8(2)7-18-11-5-4-9(12(14)15)6-10(11)13(16)17/h4-6,8H,3,7H2,1-2H3,(H,14,15)/t8-/m0/s1. The lowest BCUT2D eigenvalue weighted by atomic mass is 10.1. The molecule has 1 N–H and O–H groups in total. The van der Waals surface area contributed by atoms with Crippen LogP contribution in [0.5, 0.6) is 5.75 Å². The Morgan fingerprint density at radius 2 is 2.22 bits per heavy atom.